The number of hydrogen-bond acceptors (Lipinski definition) is 4. The van der Waals surface area contributed by atoms with E-state index in [0.717, 1.165) is 36.8 Å². The summed E-state index contributed by atoms with van der Waals surface area (Å²) in [6.45, 7) is 4.09. The van der Waals surface area contributed by atoms with Crippen LogP contribution >= 0.6 is 0 Å². The van der Waals surface area contributed by atoms with Gasteiger partial charge in [-0.15, -0.1) is 0 Å². The van der Waals surface area contributed by atoms with Crippen molar-refractivity contribution in [3.8, 4) is 11.5 Å². The van der Waals surface area contributed by atoms with Crippen molar-refractivity contribution < 1.29 is 9.47 Å². The highest BCUT2D eigenvalue weighted by Gasteiger charge is 2.22. The minimum absolute atomic E-state index is 0.623. The average Bonchev–Trinajstić information content (AvgIpc) is 2.54. The summed E-state index contributed by atoms with van der Waals surface area (Å²) in [6, 6.07) is 14.7. The number of fused-ring (bicyclic) bond motifs is 2. The largest absolute Gasteiger partial charge is 0.486 e. The zero-order valence-corrected chi connectivity index (χ0v) is 11.8. The van der Waals surface area contributed by atoms with Crippen molar-refractivity contribution in [2.24, 2.45) is 0 Å². The number of benzene rings is 2. The summed E-state index contributed by atoms with van der Waals surface area (Å²) in [5.74, 6) is 1.69. The quantitative estimate of drug-likeness (QED) is 0.918. The molecule has 2 aromatic rings. The lowest BCUT2D eigenvalue weighted by Crippen LogP contribution is -2.33. The smallest absolute Gasteiger partial charge is 0.163 e. The van der Waals surface area contributed by atoms with Crippen LogP contribution in [-0.4, -0.2) is 26.3 Å². The van der Waals surface area contributed by atoms with Gasteiger partial charge in [0.15, 0.2) is 11.5 Å². The van der Waals surface area contributed by atoms with Crippen LogP contribution in [0, 0.1) is 0 Å². The van der Waals surface area contributed by atoms with Gasteiger partial charge in [0.2, 0.25) is 0 Å². The lowest BCUT2D eigenvalue weighted by atomic mass is 10.1. The molecule has 21 heavy (non-hydrogen) atoms. The van der Waals surface area contributed by atoms with E-state index < -0.39 is 0 Å². The number of nitrogens with zero attached hydrogens (tertiary/aromatic N) is 1. The van der Waals surface area contributed by atoms with Gasteiger partial charge >= 0.3 is 0 Å². The van der Waals surface area contributed by atoms with Crippen LogP contribution in [0.5, 0.6) is 11.5 Å². The van der Waals surface area contributed by atoms with Crippen molar-refractivity contribution in [2.45, 2.75) is 6.54 Å². The van der Waals surface area contributed by atoms with E-state index in [-0.39, 0.29) is 0 Å². The van der Waals surface area contributed by atoms with E-state index >= 15 is 0 Å². The molecule has 2 aromatic carbocycles. The molecule has 2 aliphatic rings. The molecular weight excluding hydrogens is 264 g/mol. The normalized spacial score (nSPS) is 16.1. The minimum atomic E-state index is 0.623. The van der Waals surface area contributed by atoms with Crippen LogP contribution < -0.4 is 19.7 Å². The van der Waals surface area contributed by atoms with Gasteiger partial charge in [-0.3, -0.25) is 0 Å². The number of rotatable bonds is 2. The van der Waals surface area contributed by atoms with Gasteiger partial charge in [-0.05, 0) is 5.56 Å². The first kappa shape index (κ1) is 12.4. The fourth-order valence-corrected chi connectivity index (χ4v) is 2.90. The highest BCUT2D eigenvalue weighted by Crippen LogP contribution is 2.41. The first-order chi connectivity index (χ1) is 10.4. The van der Waals surface area contributed by atoms with E-state index in [9.17, 15) is 0 Å². The first-order valence-electron chi connectivity index (χ1n) is 7.36. The Kier molecular flexibility index (Phi) is 3.07. The Balaban J connectivity index is 1.67. The van der Waals surface area contributed by atoms with Crippen molar-refractivity contribution in [1.29, 1.82) is 0 Å². The van der Waals surface area contributed by atoms with Gasteiger partial charge in [0.1, 0.15) is 13.2 Å². The van der Waals surface area contributed by atoms with Crippen molar-refractivity contribution in [1.82, 2.24) is 0 Å². The molecule has 4 nitrogen and oxygen atoms in total. The second-order valence-electron chi connectivity index (χ2n) is 5.35. The molecule has 2 heterocycles. The summed E-state index contributed by atoms with van der Waals surface area (Å²) >= 11 is 0. The average molecular weight is 282 g/mol. The molecule has 108 valence electrons. The van der Waals surface area contributed by atoms with Gasteiger partial charge in [0, 0.05) is 31.8 Å². The van der Waals surface area contributed by atoms with Gasteiger partial charge < -0.3 is 19.7 Å². The molecule has 0 aromatic heterocycles. The number of nitrogens with one attached hydrogen (secondary N) is 1. The van der Waals surface area contributed by atoms with E-state index in [1.54, 1.807) is 0 Å². The molecule has 4 heteroatoms. The van der Waals surface area contributed by atoms with Crippen molar-refractivity contribution in [2.75, 3.05) is 36.5 Å². The summed E-state index contributed by atoms with van der Waals surface area (Å²) in [5.41, 5.74) is 3.64. The third-order valence-electron chi connectivity index (χ3n) is 3.91. The van der Waals surface area contributed by atoms with Crippen molar-refractivity contribution in [3.05, 3.63) is 48.0 Å². The second-order valence-corrected chi connectivity index (χ2v) is 5.35. The molecule has 2 aliphatic heterocycles. The van der Waals surface area contributed by atoms with Crippen LogP contribution in [0.3, 0.4) is 0 Å². The number of hydrogen-bond donors (Lipinski definition) is 1. The van der Waals surface area contributed by atoms with Crippen molar-refractivity contribution >= 4 is 11.4 Å². The first-order valence-corrected chi connectivity index (χ1v) is 7.36. The maximum absolute atomic E-state index is 5.71. The minimum Gasteiger partial charge on any atom is -0.486 e. The SMILES string of the molecule is c1ccc(CN2CCNc3cc4c(cc32)OCCO4)cc1. The third-order valence-corrected chi connectivity index (χ3v) is 3.91. The molecular formula is C17H18N2O2. The van der Waals surface area contributed by atoms with Crippen LogP contribution in [0.15, 0.2) is 42.5 Å². The Morgan fingerprint density at radius 2 is 1.76 bits per heavy atom. The Bertz CT molecular complexity index is 643. The molecule has 0 atom stereocenters. The predicted molar refractivity (Wildman–Crippen MR) is 83.4 cm³/mol. The lowest BCUT2D eigenvalue weighted by molar-refractivity contribution is 0.171. The Morgan fingerprint density at radius 1 is 1.00 bits per heavy atom. The predicted octanol–water partition coefficient (Wildman–Crippen LogP) is 2.89. The van der Waals surface area contributed by atoms with Crippen LogP contribution in [0.4, 0.5) is 11.4 Å². The molecule has 0 unspecified atom stereocenters. The van der Waals surface area contributed by atoms with Gasteiger partial charge in [-0.2, -0.15) is 0 Å². The fourth-order valence-electron chi connectivity index (χ4n) is 2.90. The van der Waals surface area contributed by atoms with Crippen LogP contribution in [0.1, 0.15) is 5.56 Å². The molecule has 4 rings (SSSR count). The maximum Gasteiger partial charge on any atom is 0.163 e. The second kappa shape index (κ2) is 5.20. The molecule has 0 radical (unpaired) electrons. The molecule has 1 N–H and O–H groups in total. The van der Waals surface area contributed by atoms with E-state index in [0.29, 0.717) is 13.2 Å². The van der Waals surface area contributed by atoms with Crippen LogP contribution in [0.2, 0.25) is 0 Å². The number of anilines is 2. The fraction of sp³-hybridized carbons (Fsp3) is 0.294. The van der Waals surface area contributed by atoms with Gasteiger partial charge in [0.05, 0.1) is 11.4 Å². The van der Waals surface area contributed by atoms with Crippen LogP contribution in [0.25, 0.3) is 0 Å². The zero-order valence-electron chi connectivity index (χ0n) is 11.8. The van der Waals surface area contributed by atoms with E-state index in [2.05, 4.69) is 52.7 Å². The summed E-state index contributed by atoms with van der Waals surface area (Å²) < 4.78 is 11.4. The molecule has 0 amide bonds. The summed E-state index contributed by atoms with van der Waals surface area (Å²) in [4.78, 5) is 2.39. The molecule has 0 spiro atoms. The molecule has 0 saturated carbocycles. The molecule has 0 aliphatic carbocycles. The standard InChI is InChI=1S/C17H18N2O2/c1-2-4-13(5-3-1)12-19-7-6-18-14-10-16-17(11-15(14)19)21-9-8-20-16/h1-5,10-11,18H,6-9,12H2. The van der Waals surface area contributed by atoms with Gasteiger partial charge in [-0.25, -0.2) is 0 Å². The van der Waals surface area contributed by atoms with E-state index in [1.165, 1.54) is 11.3 Å². The van der Waals surface area contributed by atoms with Crippen molar-refractivity contribution in [3.63, 3.8) is 0 Å². The Morgan fingerprint density at radius 3 is 2.57 bits per heavy atom. The molecule has 0 saturated heterocycles. The summed E-state index contributed by atoms with van der Waals surface area (Å²) in [6.07, 6.45) is 0. The Hall–Kier alpha value is -2.36. The van der Waals surface area contributed by atoms with E-state index in [1.807, 2.05) is 0 Å². The zero-order chi connectivity index (χ0) is 14.1. The summed E-state index contributed by atoms with van der Waals surface area (Å²) in [7, 11) is 0. The highest BCUT2D eigenvalue weighted by molar-refractivity contribution is 5.77. The topological polar surface area (TPSA) is 33.7 Å². The van der Waals surface area contributed by atoms with Gasteiger partial charge in [-0.1, -0.05) is 30.3 Å². The monoisotopic (exact) mass is 282 g/mol. The molecule has 0 fully saturated rings. The van der Waals surface area contributed by atoms with Gasteiger partial charge in [0.25, 0.3) is 0 Å². The Labute approximate surface area is 124 Å². The highest BCUT2D eigenvalue weighted by atomic mass is 16.6. The maximum atomic E-state index is 5.71. The third kappa shape index (κ3) is 2.37. The van der Waals surface area contributed by atoms with E-state index in [4.69, 9.17) is 9.47 Å². The van der Waals surface area contributed by atoms with Crippen LogP contribution in [-0.2, 0) is 6.54 Å². The lowest BCUT2D eigenvalue weighted by Gasteiger charge is -2.33. The summed E-state index contributed by atoms with van der Waals surface area (Å²) in [5, 5.41) is 3.45. The molecule has 0 bridgehead atoms. The number of ether oxygens (including phenoxy) is 2.